The summed E-state index contributed by atoms with van der Waals surface area (Å²) in [7, 11) is 0. The fourth-order valence-corrected chi connectivity index (χ4v) is 4.88. The lowest BCUT2D eigenvalue weighted by Gasteiger charge is -2.18. The van der Waals surface area contributed by atoms with E-state index in [0.717, 1.165) is 22.2 Å². The van der Waals surface area contributed by atoms with Gasteiger partial charge in [0.2, 0.25) is 5.91 Å². The van der Waals surface area contributed by atoms with Crippen molar-refractivity contribution in [2.24, 2.45) is 0 Å². The Morgan fingerprint density at radius 1 is 1.00 bits per heavy atom. The van der Waals surface area contributed by atoms with Crippen LogP contribution in [-0.2, 0) is 17.9 Å². The van der Waals surface area contributed by atoms with Crippen LogP contribution >= 0.6 is 11.6 Å². The van der Waals surface area contributed by atoms with Crippen molar-refractivity contribution in [3.63, 3.8) is 0 Å². The molecule has 0 unspecified atom stereocenters. The first-order chi connectivity index (χ1) is 18.0. The maximum atomic E-state index is 13.1. The zero-order valence-electron chi connectivity index (χ0n) is 19.8. The van der Waals surface area contributed by atoms with E-state index in [4.69, 9.17) is 16.0 Å². The Bertz CT molecular complexity index is 1540. The number of fused-ring (bicyclic) bond motifs is 1. The van der Waals surface area contributed by atoms with Gasteiger partial charge in [-0.15, -0.1) is 0 Å². The molecule has 1 atom stereocenters. The number of carbonyl (C=O) groups excluding carboxylic acids is 1. The van der Waals surface area contributed by atoms with Crippen LogP contribution in [0.2, 0.25) is 5.02 Å². The molecule has 3 aromatic carbocycles. The van der Waals surface area contributed by atoms with Gasteiger partial charge in [-0.1, -0.05) is 60.1 Å². The summed E-state index contributed by atoms with van der Waals surface area (Å²) >= 11 is 6.62. The van der Waals surface area contributed by atoms with Gasteiger partial charge in [0.15, 0.2) is 0 Å². The molecule has 0 bridgehead atoms. The van der Waals surface area contributed by atoms with E-state index in [1.165, 1.54) is 6.07 Å². The smallest absolute Gasteiger partial charge is 0.270 e. The van der Waals surface area contributed by atoms with E-state index >= 15 is 0 Å². The van der Waals surface area contributed by atoms with E-state index in [9.17, 15) is 14.9 Å². The van der Waals surface area contributed by atoms with Gasteiger partial charge in [-0.3, -0.25) is 14.9 Å². The third-order valence-electron chi connectivity index (χ3n) is 6.39. The standard InChI is InChI=1S/C29H24ClN3O4/c30-27-11-5-4-10-23(27)24(16-29(34)31-17-22-9-6-14-37-22)26-19-32(18-20-7-2-1-3-8-20)28-13-12-21(33(35)36)15-25(26)28/h1-15,19,24H,16-18H2,(H,31,34)/t24-/m1/s1. The number of amides is 1. The minimum atomic E-state index is -0.424. The minimum absolute atomic E-state index is 0.00797. The minimum Gasteiger partial charge on any atom is -0.467 e. The molecule has 37 heavy (non-hydrogen) atoms. The molecule has 0 aliphatic carbocycles. The zero-order valence-corrected chi connectivity index (χ0v) is 20.6. The van der Waals surface area contributed by atoms with Gasteiger partial charge in [-0.05, 0) is 41.0 Å². The van der Waals surface area contributed by atoms with Gasteiger partial charge in [0, 0.05) is 53.1 Å². The molecular formula is C29H24ClN3O4. The number of hydrogen-bond donors (Lipinski definition) is 1. The molecule has 0 aliphatic heterocycles. The molecule has 0 saturated heterocycles. The van der Waals surface area contributed by atoms with Gasteiger partial charge >= 0.3 is 0 Å². The largest absolute Gasteiger partial charge is 0.467 e. The number of non-ortho nitro benzene ring substituents is 1. The number of halogens is 1. The molecule has 2 heterocycles. The molecule has 5 aromatic rings. The van der Waals surface area contributed by atoms with Crippen LogP contribution in [0.25, 0.3) is 10.9 Å². The highest BCUT2D eigenvalue weighted by Crippen LogP contribution is 2.39. The Balaban J connectivity index is 1.59. The van der Waals surface area contributed by atoms with E-state index in [1.54, 1.807) is 36.6 Å². The van der Waals surface area contributed by atoms with Gasteiger partial charge in [-0.25, -0.2) is 0 Å². The van der Waals surface area contributed by atoms with Crippen molar-refractivity contribution in [2.45, 2.75) is 25.4 Å². The van der Waals surface area contributed by atoms with Crippen LogP contribution in [0, 0.1) is 10.1 Å². The summed E-state index contributed by atoms with van der Waals surface area (Å²) in [5.74, 6) is 0.0419. The second kappa shape index (κ2) is 10.7. The highest BCUT2D eigenvalue weighted by Gasteiger charge is 2.26. The number of nitro groups is 1. The lowest BCUT2D eigenvalue weighted by Crippen LogP contribution is -2.24. The van der Waals surface area contributed by atoms with Crippen LogP contribution in [0.5, 0.6) is 0 Å². The Labute approximate surface area is 218 Å². The fraction of sp³-hybridized carbons (Fsp3) is 0.138. The molecule has 0 radical (unpaired) electrons. The van der Waals surface area contributed by atoms with Crippen LogP contribution in [0.4, 0.5) is 5.69 Å². The summed E-state index contributed by atoms with van der Waals surface area (Å²) in [6.45, 7) is 0.845. The highest BCUT2D eigenvalue weighted by atomic mass is 35.5. The lowest BCUT2D eigenvalue weighted by atomic mass is 9.88. The lowest BCUT2D eigenvalue weighted by molar-refractivity contribution is -0.384. The number of nitrogens with one attached hydrogen (secondary N) is 1. The van der Waals surface area contributed by atoms with E-state index < -0.39 is 10.8 Å². The van der Waals surface area contributed by atoms with Crippen molar-refractivity contribution < 1.29 is 14.1 Å². The molecule has 0 saturated carbocycles. The number of aromatic nitrogens is 1. The third kappa shape index (κ3) is 5.42. The number of furan rings is 1. The third-order valence-corrected chi connectivity index (χ3v) is 6.73. The van der Waals surface area contributed by atoms with Gasteiger partial charge in [0.1, 0.15) is 5.76 Å². The topological polar surface area (TPSA) is 90.3 Å². The van der Waals surface area contributed by atoms with E-state index in [-0.39, 0.29) is 24.6 Å². The van der Waals surface area contributed by atoms with Crippen molar-refractivity contribution in [1.29, 1.82) is 0 Å². The van der Waals surface area contributed by atoms with E-state index in [2.05, 4.69) is 9.88 Å². The van der Waals surface area contributed by atoms with Crippen LogP contribution in [0.1, 0.15) is 34.8 Å². The molecular weight excluding hydrogens is 490 g/mol. The van der Waals surface area contributed by atoms with Crippen LogP contribution in [0.3, 0.4) is 0 Å². The molecule has 0 spiro atoms. The Morgan fingerprint density at radius 2 is 1.78 bits per heavy atom. The average Bonchev–Trinajstić information content (AvgIpc) is 3.55. The van der Waals surface area contributed by atoms with E-state index in [0.29, 0.717) is 22.7 Å². The van der Waals surface area contributed by atoms with Crippen molar-refractivity contribution in [1.82, 2.24) is 9.88 Å². The van der Waals surface area contributed by atoms with Gasteiger partial charge in [0.25, 0.3) is 5.69 Å². The van der Waals surface area contributed by atoms with Gasteiger partial charge in [0.05, 0.1) is 17.7 Å². The number of rotatable bonds is 9. The molecule has 1 amide bonds. The number of nitro benzene ring substituents is 1. The molecule has 0 fully saturated rings. The fourth-order valence-electron chi connectivity index (χ4n) is 4.62. The number of carbonyl (C=O) groups is 1. The summed E-state index contributed by atoms with van der Waals surface area (Å²) in [6.07, 6.45) is 3.65. The van der Waals surface area contributed by atoms with Crippen LogP contribution in [-0.4, -0.2) is 15.4 Å². The zero-order chi connectivity index (χ0) is 25.8. The monoisotopic (exact) mass is 513 g/mol. The van der Waals surface area contributed by atoms with Crippen molar-refractivity contribution in [3.05, 3.63) is 135 Å². The van der Waals surface area contributed by atoms with Crippen molar-refractivity contribution >= 4 is 34.1 Å². The Kier molecular flexibility index (Phi) is 7.05. The summed E-state index contributed by atoms with van der Waals surface area (Å²) in [6, 6.07) is 25.8. The molecule has 186 valence electrons. The summed E-state index contributed by atoms with van der Waals surface area (Å²) < 4.78 is 7.39. The quantitative estimate of drug-likeness (QED) is 0.176. The molecule has 7 nitrogen and oxygen atoms in total. The second-order valence-corrected chi connectivity index (χ2v) is 9.20. The first kappa shape index (κ1) is 24.3. The number of benzene rings is 3. The normalized spacial score (nSPS) is 11.9. The van der Waals surface area contributed by atoms with Gasteiger partial charge in [-0.2, -0.15) is 0 Å². The van der Waals surface area contributed by atoms with Crippen molar-refractivity contribution in [3.8, 4) is 0 Å². The molecule has 2 aromatic heterocycles. The van der Waals surface area contributed by atoms with Crippen molar-refractivity contribution in [2.75, 3.05) is 0 Å². The molecule has 1 N–H and O–H groups in total. The summed E-state index contributed by atoms with van der Waals surface area (Å²) in [4.78, 5) is 24.3. The Hall–Kier alpha value is -4.36. The summed E-state index contributed by atoms with van der Waals surface area (Å²) in [5, 5.41) is 15.8. The SMILES string of the molecule is O=C(C[C@H](c1ccccc1Cl)c1cn(Cc2ccccc2)c2ccc([N+](=O)[O-])cc12)NCc1ccco1. The molecule has 0 aliphatic rings. The van der Waals surface area contributed by atoms with Crippen LogP contribution in [0.15, 0.2) is 102 Å². The first-order valence-corrected chi connectivity index (χ1v) is 12.2. The highest BCUT2D eigenvalue weighted by molar-refractivity contribution is 6.31. The predicted octanol–water partition coefficient (Wildman–Crippen LogP) is 6.68. The summed E-state index contributed by atoms with van der Waals surface area (Å²) in [5.41, 5.74) is 3.51. The maximum absolute atomic E-state index is 13.1. The maximum Gasteiger partial charge on any atom is 0.270 e. The molecule has 5 rings (SSSR count). The molecule has 8 heteroatoms. The number of hydrogen-bond acceptors (Lipinski definition) is 4. The predicted molar refractivity (Wildman–Crippen MR) is 143 cm³/mol. The second-order valence-electron chi connectivity index (χ2n) is 8.79. The first-order valence-electron chi connectivity index (χ1n) is 11.8. The van der Waals surface area contributed by atoms with Crippen LogP contribution < -0.4 is 5.32 Å². The van der Waals surface area contributed by atoms with E-state index in [1.807, 2.05) is 54.7 Å². The Morgan fingerprint density at radius 3 is 2.51 bits per heavy atom. The average molecular weight is 514 g/mol. The number of nitrogens with zero attached hydrogens (tertiary/aromatic N) is 2. The van der Waals surface area contributed by atoms with Gasteiger partial charge < -0.3 is 14.3 Å².